The first-order chi connectivity index (χ1) is 7.86. The standard InChI is InChI=1S/C16H18/c1-12-15-10-6-5-9-14(15)11-16(12)13-7-3-2-4-8-13/h2-10,12,14-16H,11H2,1H3. The summed E-state index contributed by atoms with van der Waals surface area (Å²) in [6, 6.07) is 11.0. The molecule has 0 aromatic heterocycles. The number of benzene rings is 1. The summed E-state index contributed by atoms with van der Waals surface area (Å²) in [4.78, 5) is 0. The monoisotopic (exact) mass is 210 g/mol. The molecule has 0 nitrogen and oxygen atoms in total. The van der Waals surface area contributed by atoms with Crippen molar-refractivity contribution in [2.24, 2.45) is 17.8 Å². The maximum Gasteiger partial charge on any atom is -0.0125 e. The largest absolute Gasteiger partial charge is 0.0808 e. The molecule has 0 spiro atoms. The highest BCUT2D eigenvalue weighted by Crippen LogP contribution is 2.49. The highest BCUT2D eigenvalue weighted by atomic mass is 14.4. The van der Waals surface area contributed by atoms with Crippen LogP contribution in [0.25, 0.3) is 0 Å². The second kappa shape index (κ2) is 3.93. The van der Waals surface area contributed by atoms with Crippen molar-refractivity contribution in [1.29, 1.82) is 0 Å². The lowest BCUT2D eigenvalue weighted by molar-refractivity contribution is 0.430. The van der Waals surface area contributed by atoms with Gasteiger partial charge in [-0.3, -0.25) is 0 Å². The molecule has 1 saturated carbocycles. The number of hydrogen-bond donors (Lipinski definition) is 0. The Labute approximate surface area is 97.7 Å². The number of fused-ring (bicyclic) bond motifs is 1. The van der Waals surface area contributed by atoms with Gasteiger partial charge in [-0.15, -0.1) is 0 Å². The molecule has 0 amide bonds. The topological polar surface area (TPSA) is 0 Å². The van der Waals surface area contributed by atoms with Crippen molar-refractivity contribution in [1.82, 2.24) is 0 Å². The first kappa shape index (κ1) is 9.89. The third-order valence-corrected chi connectivity index (χ3v) is 4.29. The lowest BCUT2D eigenvalue weighted by atomic mass is 9.84. The van der Waals surface area contributed by atoms with Crippen LogP contribution in [0, 0.1) is 17.8 Å². The molecule has 82 valence electrons. The predicted octanol–water partition coefficient (Wildman–Crippen LogP) is 4.17. The Balaban J connectivity index is 1.89. The van der Waals surface area contributed by atoms with Crippen LogP contribution >= 0.6 is 0 Å². The predicted molar refractivity (Wildman–Crippen MR) is 68.2 cm³/mol. The van der Waals surface area contributed by atoms with E-state index in [4.69, 9.17) is 0 Å². The number of rotatable bonds is 1. The summed E-state index contributed by atoms with van der Waals surface area (Å²) in [6.45, 7) is 2.41. The lowest BCUT2D eigenvalue weighted by Gasteiger charge is -2.20. The molecule has 0 heteroatoms. The van der Waals surface area contributed by atoms with E-state index in [0.717, 1.165) is 23.7 Å². The van der Waals surface area contributed by atoms with Gasteiger partial charge in [0.15, 0.2) is 0 Å². The van der Waals surface area contributed by atoms with E-state index in [1.54, 1.807) is 0 Å². The molecule has 4 atom stereocenters. The second-order valence-electron chi connectivity index (χ2n) is 5.12. The van der Waals surface area contributed by atoms with Crippen molar-refractivity contribution in [2.75, 3.05) is 0 Å². The summed E-state index contributed by atoms with van der Waals surface area (Å²) >= 11 is 0. The van der Waals surface area contributed by atoms with Crippen LogP contribution in [-0.2, 0) is 0 Å². The maximum absolute atomic E-state index is 2.41. The van der Waals surface area contributed by atoms with Gasteiger partial charge < -0.3 is 0 Å². The fourth-order valence-electron chi connectivity index (χ4n) is 3.39. The summed E-state index contributed by atoms with van der Waals surface area (Å²) in [7, 11) is 0. The molecular formula is C16H18. The third-order valence-electron chi connectivity index (χ3n) is 4.29. The van der Waals surface area contributed by atoms with Crippen LogP contribution in [0.5, 0.6) is 0 Å². The Bertz CT molecular complexity index is 413. The minimum Gasteiger partial charge on any atom is -0.0808 e. The van der Waals surface area contributed by atoms with Crippen molar-refractivity contribution >= 4 is 0 Å². The van der Waals surface area contributed by atoms with Crippen molar-refractivity contribution < 1.29 is 0 Å². The molecule has 0 aliphatic heterocycles. The van der Waals surface area contributed by atoms with Crippen LogP contribution in [0.3, 0.4) is 0 Å². The second-order valence-corrected chi connectivity index (χ2v) is 5.12. The van der Waals surface area contributed by atoms with E-state index in [2.05, 4.69) is 61.6 Å². The molecule has 0 radical (unpaired) electrons. The van der Waals surface area contributed by atoms with Crippen LogP contribution in [0.15, 0.2) is 54.6 Å². The molecule has 1 fully saturated rings. The van der Waals surface area contributed by atoms with Gasteiger partial charge in [-0.2, -0.15) is 0 Å². The fraction of sp³-hybridized carbons (Fsp3) is 0.375. The first-order valence-electron chi connectivity index (χ1n) is 6.26. The summed E-state index contributed by atoms with van der Waals surface area (Å²) in [5.41, 5.74) is 1.52. The zero-order valence-corrected chi connectivity index (χ0v) is 9.71. The van der Waals surface area contributed by atoms with E-state index in [9.17, 15) is 0 Å². The smallest absolute Gasteiger partial charge is 0.0125 e. The summed E-state index contributed by atoms with van der Waals surface area (Å²) < 4.78 is 0. The van der Waals surface area contributed by atoms with Crippen molar-refractivity contribution in [3.63, 3.8) is 0 Å². The molecule has 0 saturated heterocycles. The molecule has 0 bridgehead atoms. The maximum atomic E-state index is 2.41. The van der Waals surface area contributed by atoms with Gasteiger partial charge in [0, 0.05) is 0 Å². The highest BCUT2D eigenvalue weighted by Gasteiger charge is 2.38. The van der Waals surface area contributed by atoms with Crippen LogP contribution in [-0.4, -0.2) is 0 Å². The molecule has 1 aromatic carbocycles. The summed E-state index contributed by atoms with van der Waals surface area (Å²) in [5.74, 6) is 3.04. The Morgan fingerprint density at radius 1 is 1.00 bits per heavy atom. The Morgan fingerprint density at radius 3 is 2.50 bits per heavy atom. The molecule has 1 aromatic rings. The molecule has 2 aliphatic rings. The minimum atomic E-state index is 0.739. The van der Waals surface area contributed by atoms with Crippen LogP contribution < -0.4 is 0 Å². The van der Waals surface area contributed by atoms with Crippen molar-refractivity contribution in [3.8, 4) is 0 Å². The fourth-order valence-corrected chi connectivity index (χ4v) is 3.39. The van der Waals surface area contributed by atoms with Crippen LogP contribution in [0.2, 0.25) is 0 Å². The Hall–Kier alpha value is -1.30. The zero-order chi connectivity index (χ0) is 11.0. The van der Waals surface area contributed by atoms with Gasteiger partial charge in [-0.1, -0.05) is 61.6 Å². The van der Waals surface area contributed by atoms with Gasteiger partial charge in [-0.25, -0.2) is 0 Å². The zero-order valence-electron chi connectivity index (χ0n) is 9.71. The Morgan fingerprint density at radius 2 is 1.75 bits per heavy atom. The molecule has 0 heterocycles. The van der Waals surface area contributed by atoms with Crippen molar-refractivity contribution in [2.45, 2.75) is 19.3 Å². The van der Waals surface area contributed by atoms with E-state index in [1.165, 1.54) is 12.0 Å². The van der Waals surface area contributed by atoms with E-state index >= 15 is 0 Å². The minimum absolute atomic E-state index is 0.739. The van der Waals surface area contributed by atoms with Gasteiger partial charge in [0.2, 0.25) is 0 Å². The molecule has 16 heavy (non-hydrogen) atoms. The lowest BCUT2D eigenvalue weighted by Crippen LogP contribution is -2.12. The van der Waals surface area contributed by atoms with Gasteiger partial charge >= 0.3 is 0 Å². The molecule has 0 N–H and O–H groups in total. The van der Waals surface area contributed by atoms with Crippen LogP contribution in [0.4, 0.5) is 0 Å². The quantitative estimate of drug-likeness (QED) is 0.652. The van der Waals surface area contributed by atoms with E-state index < -0.39 is 0 Å². The van der Waals surface area contributed by atoms with Gasteiger partial charge in [0.25, 0.3) is 0 Å². The van der Waals surface area contributed by atoms with E-state index in [0.29, 0.717) is 0 Å². The average Bonchev–Trinajstić information content (AvgIpc) is 2.69. The summed E-state index contributed by atoms with van der Waals surface area (Å²) in [5, 5.41) is 0. The van der Waals surface area contributed by atoms with E-state index in [1.807, 2.05) is 0 Å². The summed E-state index contributed by atoms with van der Waals surface area (Å²) in [6.07, 6.45) is 10.5. The highest BCUT2D eigenvalue weighted by molar-refractivity contribution is 5.27. The third kappa shape index (κ3) is 1.53. The molecular weight excluding hydrogens is 192 g/mol. The van der Waals surface area contributed by atoms with Gasteiger partial charge in [0.05, 0.1) is 0 Å². The van der Waals surface area contributed by atoms with E-state index in [-0.39, 0.29) is 0 Å². The number of allylic oxidation sites excluding steroid dienone is 4. The average molecular weight is 210 g/mol. The molecule has 4 unspecified atom stereocenters. The van der Waals surface area contributed by atoms with Crippen LogP contribution in [0.1, 0.15) is 24.8 Å². The first-order valence-corrected chi connectivity index (χ1v) is 6.26. The molecule has 2 aliphatic carbocycles. The SMILES string of the molecule is CC1C(c2ccccc2)CC2C=CC=CC21. The van der Waals surface area contributed by atoms with Crippen molar-refractivity contribution in [3.05, 3.63) is 60.2 Å². The van der Waals surface area contributed by atoms with Gasteiger partial charge in [0.1, 0.15) is 0 Å². The normalized spacial score (nSPS) is 36.3. The van der Waals surface area contributed by atoms with Gasteiger partial charge in [-0.05, 0) is 35.7 Å². The Kier molecular flexibility index (Phi) is 2.43. The number of hydrogen-bond acceptors (Lipinski definition) is 0. The molecule has 3 rings (SSSR count).